The molecule has 0 bridgehead atoms. The van der Waals surface area contributed by atoms with Crippen molar-refractivity contribution in [1.82, 2.24) is 0 Å². The lowest BCUT2D eigenvalue weighted by Crippen LogP contribution is -2.55. The number of carbonyl (C=O) groups excluding carboxylic acids is 1. The lowest BCUT2D eigenvalue weighted by atomic mass is 10.1. The number of esters is 1. The lowest BCUT2D eigenvalue weighted by Gasteiger charge is -2.38. The zero-order valence-electron chi connectivity index (χ0n) is 9.76. The van der Waals surface area contributed by atoms with Crippen LogP contribution in [-0.4, -0.2) is 31.7 Å². The Hall–Kier alpha value is -1.26. The minimum absolute atomic E-state index is 0. The second-order valence-corrected chi connectivity index (χ2v) is 3.94. The van der Waals surface area contributed by atoms with Gasteiger partial charge in [0.1, 0.15) is 0 Å². The summed E-state index contributed by atoms with van der Waals surface area (Å²) in [7, 11) is 0. The molecule has 0 spiro atoms. The molecule has 1 saturated heterocycles. The minimum atomic E-state index is -0.269. The Kier molecular flexibility index (Phi) is 4.78. The van der Waals surface area contributed by atoms with Gasteiger partial charge >= 0.3 is 5.97 Å². The van der Waals surface area contributed by atoms with Crippen molar-refractivity contribution in [3.63, 3.8) is 0 Å². The highest BCUT2D eigenvalue weighted by molar-refractivity contribution is 5.90. The third kappa shape index (κ3) is 3.11. The third-order valence-electron chi connectivity index (χ3n) is 2.63. The SMILES string of the molecule is CCOC(=O)c1cccc(N2CC(N)C2)c1.Cl. The van der Waals surface area contributed by atoms with E-state index in [0.717, 1.165) is 18.8 Å². The summed E-state index contributed by atoms with van der Waals surface area (Å²) in [5.74, 6) is -0.269. The van der Waals surface area contributed by atoms with Gasteiger partial charge in [0.2, 0.25) is 0 Å². The summed E-state index contributed by atoms with van der Waals surface area (Å²) in [5, 5.41) is 0. The molecule has 0 radical (unpaired) electrons. The molecule has 0 amide bonds. The van der Waals surface area contributed by atoms with E-state index in [-0.39, 0.29) is 24.4 Å². The predicted molar refractivity (Wildman–Crippen MR) is 69.8 cm³/mol. The van der Waals surface area contributed by atoms with Gasteiger partial charge in [0, 0.05) is 24.8 Å². The van der Waals surface area contributed by atoms with Gasteiger partial charge in [-0.15, -0.1) is 12.4 Å². The summed E-state index contributed by atoms with van der Waals surface area (Å²) in [5.41, 5.74) is 7.35. The number of hydrogen-bond donors (Lipinski definition) is 1. The quantitative estimate of drug-likeness (QED) is 0.832. The molecule has 1 heterocycles. The number of nitrogens with two attached hydrogens (primary N) is 1. The molecular formula is C12H17ClN2O2. The summed E-state index contributed by atoms with van der Waals surface area (Å²) in [6, 6.07) is 7.72. The fourth-order valence-electron chi connectivity index (χ4n) is 1.77. The number of benzene rings is 1. The summed E-state index contributed by atoms with van der Waals surface area (Å²) < 4.78 is 4.95. The summed E-state index contributed by atoms with van der Waals surface area (Å²) in [6.45, 7) is 3.91. The van der Waals surface area contributed by atoms with Gasteiger partial charge in [0.25, 0.3) is 0 Å². The highest BCUT2D eigenvalue weighted by Gasteiger charge is 2.23. The molecule has 2 rings (SSSR count). The van der Waals surface area contributed by atoms with Crippen LogP contribution in [0.2, 0.25) is 0 Å². The summed E-state index contributed by atoms with van der Waals surface area (Å²) in [4.78, 5) is 13.7. The molecule has 0 aliphatic carbocycles. The van der Waals surface area contributed by atoms with Gasteiger partial charge in [-0.25, -0.2) is 4.79 Å². The Labute approximate surface area is 107 Å². The second kappa shape index (κ2) is 5.89. The number of ether oxygens (including phenoxy) is 1. The van der Waals surface area contributed by atoms with Gasteiger partial charge in [0.05, 0.1) is 12.2 Å². The number of hydrogen-bond acceptors (Lipinski definition) is 4. The van der Waals surface area contributed by atoms with Gasteiger partial charge in [-0.1, -0.05) is 6.07 Å². The van der Waals surface area contributed by atoms with Crippen molar-refractivity contribution in [2.75, 3.05) is 24.6 Å². The predicted octanol–water partition coefficient (Wildman–Crippen LogP) is 1.43. The number of rotatable bonds is 3. The molecule has 0 aromatic heterocycles. The van der Waals surface area contributed by atoms with E-state index < -0.39 is 0 Å². The van der Waals surface area contributed by atoms with Gasteiger partial charge in [-0.05, 0) is 25.1 Å². The van der Waals surface area contributed by atoms with Gasteiger partial charge < -0.3 is 15.4 Å². The first-order chi connectivity index (χ1) is 7.70. The van der Waals surface area contributed by atoms with Crippen molar-refractivity contribution in [3.05, 3.63) is 29.8 Å². The first kappa shape index (κ1) is 13.8. The molecule has 5 heteroatoms. The minimum Gasteiger partial charge on any atom is -0.462 e. The van der Waals surface area contributed by atoms with Crippen molar-refractivity contribution in [3.8, 4) is 0 Å². The maximum Gasteiger partial charge on any atom is 0.338 e. The molecule has 0 saturated carbocycles. The fourth-order valence-corrected chi connectivity index (χ4v) is 1.77. The molecule has 1 aromatic rings. The highest BCUT2D eigenvalue weighted by atomic mass is 35.5. The molecule has 4 nitrogen and oxygen atoms in total. The molecule has 1 aromatic carbocycles. The van der Waals surface area contributed by atoms with E-state index >= 15 is 0 Å². The van der Waals surface area contributed by atoms with Crippen LogP contribution in [0.5, 0.6) is 0 Å². The zero-order valence-corrected chi connectivity index (χ0v) is 10.6. The first-order valence-corrected chi connectivity index (χ1v) is 5.48. The second-order valence-electron chi connectivity index (χ2n) is 3.94. The normalized spacial score (nSPS) is 14.8. The molecule has 1 aliphatic rings. The van der Waals surface area contributed by atoms with E-state index in [4.69, 9.17) is 10.5 Å². The average Bonchev–Trinajstić information content (AvgIpc) is 2.25. The van der Waals surface area contributed by atoms with E-state index in [9.17, 15) is 4.79 Å². The lowest BCUT2D eigenvalue weighted by molar-refractivity contribution is 0.0526. The van der Waals surface area contributed by atoms with Crippen LogP contribution in [-0.2, 0) is 4.74 Å². The zero-order chi connectivity index (χ0) is 11.5. The van der Waals surface area contributed by atoms with Crippen LogP contribution < -0.4 is 10.6 Å². The van der Waals surface area contributed by atoms with Gasteiger partial charge in [0.15, 0.2) is 0 Å². The molecular weight excluding hydrogens is 240 g/mol. The van der Waals surface area contributed by atoms with E-state index in [1.165, 1.54) is 0 Å². The molecule has 0 atom stereocenters. The topological polar surface area (TPSA) is 55.6 Å². The van der Waals surface area contributed by atoms with Gasteiger partial charge in [-0.3, -0.25) is 0 Å². The van der Waals surface area contributed by atoms with Crippen LogP contribution in [0.1, 0.15) is 17.3 Å². The van der Waals surface area contributed by atoms with Crippen molar-refractivity contribution in [1.29, 1.82) is 0 Å². The van der Waals surface area contributed by atoms with Gasteiger partial charge in [-0.2, -0.15) is 0 Å². The van der Waals surface area contributed by atoms with E-state index in [0.29, 0.717) is 12.2 Å². The Morgan fingerprint density at radius 3 is 2.82 bits per heavy atom. The fraction of sp³-hybridized carbons (Fsp3) is 0.417. The van der Waals surface area contributed by atoms with Crippen LogP contribution >= 0.6 is 12.4 Å². The van der Waals surface area contributed by atoms with Crippen LogP contribution in [0.3, 0.4) is 0 Å². The maximum atomic E-state index is 11.5. The molecule has 2 N–H and O–H groups in total. The number of nitrogens with zero attached hydrogens (tertiary/aromatic N) is 1. The van der Waals surface area contributed by atoms with Crippen molar-refractivity contribution < 1.29 is 9.53 Å². The molecule has 0 unspecified atom stereocenters. The van der Waals surface area contributed by atoms with E-state index in [1.807, 2.05) is 18.2 Å². The molecule has 17 heavy (non-hydrogen) atoms. The van der Waals surface area contributed by atoms with E-state index in [2.05, 4.69) is 4.90 Å². The Balaban J connectivity index is 0.00000144. The molecule has 1 aliphatic heterocycles. The summed E-state index contributed by atoms with van der Waals surface area (Å²) >= 11 is 0. The number of carbonyl (C=O) groups is 1. The Bertz CT molecular complexity index is 392. The Morgan fingerprint density at radius 1 is 1.53 bits per heavy atom. The third-order valence-corrected chi connectivity index (χ3v) is 2.63. The monoisotopic (exact) mass is 256 g/mol. The average molecular weight is 257 g/mol. The number of halogens is 1. The maximum absolute atomic E-state index is 11.5. The Morgan fingerprint density at radius 2 is 2.24 bits per heavy atom. The smallest absolute Gasteiger partial charge is 0.338 e. The van der Waals surface area contributed by atoms with Crippen LogP contribution in [0.15, 0.2) is 24.3 Å². The molecule has 94 valence electrons. The summed E-state index contributed by atoms with van der Waals surface area (Å²) in [6.07, 6.45) is 0. The largest absolute Gasteiger partial charge is 0.462 e. The number of anilines is 1. The first-order valence-electron chi connectivity index (χ1n) is 5.48. The van der Waals surface area contributed by atoms with Crippen molar-refractivity contribution >= 4 is 24.1 Å². The van der Waals surface area contributed by atoms with Crippen LogP contribution in [0.25, 0.3) is 0 Å². The van der Waals surface area contributed by atoms with E-state index in [1.54, 1.807) is 13.0 Å². The van der Waals surface area contributed by atoms with Crippen LogP contribution in [0.4, 0.5) is 5.69 Å². The van der Waals surface area contributed by atoms with Crippen molar-refractivity contribution in [2.45, 2.75) is 13.0 Å². The highest BCUT2D eigenvalue weighted by Crippen LogP contribution is 2.21. The van der Waals surface area contributed by atoms with Crippen molar-refractivity contribution in [2.24, 2.45) is 5.73 Å². The standard InChI is InChI=1S/C12H16N2O2.ClH/c1-2-16-12(15)9-4-3-5-11(6-9)14-7-10(13)8-14;/h3-6,10H,2,7-8,13H2,1H3;1H. The molecule has 1 fully saturated rings. The van der Waals surface area contributed by atoms with Crippen LogP contribution in [0, 0.1) is 0 Å².